The van der Waals surface area contributed by atoms with Crippen LogP contribution in [0.25, 0.3) is 11.1 Å². The van der Waals surface area contributed by atoms with Crippen LogP contribution in [0, 0.1) is 6.92 Å². The monoisotopic (exact) mass is 354 g/mol. The molecule has 1 saturated carbocycles. The lowest BCUT2D eigenvalue weighted by Crippen LogP contribution is -2.38. The lowest BCUT2D eigenvalue weighted by Gasteiger charge is -2.29. The molecule has 0 spiro atoms. The number of methoxy groups -OCH3 is 1. The Morgan fingerprint density at radius 2 is 1.85 bits per heavy atom. The second-order valence-electron chi connectivity index (χ2n) is 7.11. The SMILES string of the molecule is CNC1CCC(NCc2cc(-c3ccc(N)nc3C)ccc2OC)CC1. The first-order valence-corrected chi connectivity index (χ1v) is 9.41. The summed E-state index contributed by atoms with van der Waals surface area (Å²) in [6, 6.07) is 11.5. The van der Waals surface area contributed by atoms with Crippen LogP contribution in [-0.4, -0.2) is 31.2 Å². The van der Waals surface area contributed by atoms with Crippen LogP contribution < -0.4 is 21.1 Å². The number of aromatic nitrogens is 1. The molecular formula is C21H30N4O. The normalized spacial score (nSPS) is 20.1. The predicted molar refractivity (Wildman–Crippen MR) is 107 cm³/mol. The minimum Gasteiger partial charge on any atom is -0.496 e. The summed E-state index contributed by atoms with van der Waals surface area (Å²) >= 11 is 0. The van der Waals surface area contributed by atoms with Crippen molar-refractivity contribution in [3.8, 4) is 16.9 Å². The number of benzene rings is 1. The van der Waals surface area contributed by atoms with E-state index in [1.165, 1.54) is 31.2 Å². The summed E-state index contributed by atoms with van der Waals surface area (Å²) < 4.78 is 5.57. The minimum atomic E-state index is 0.554. The van der Waals surface area contributed by atoms with Crippen LogP contribution in [0.4, 0.5) is 5.82 Å². The zero-order valence-electron chi connectivity index (χ0n) is 16.0. The van der Waals surface area contributed by atoms with Crippen molar-refractivity contribution < 1.29 is 4.74 Å². The largest absolute Gasteiger partial charge is 0.496 e. The molecule has 1 fully saturated rings. The number of anilines is 1. The Morgan fingerprint density at radius 1 is 1.12 bits per heavy atom. The summed E-state index contributed by atoms with van der Waals surface area (Å²) in [4.78, 5) is 4.38. The molecule has 1 aliphatic carbocycles. The molecule has 0 aliphatic heterocycles. The standard InChI is InChI=1S/C21H30N4O/c1-14-19(9-11-21(22)25-14)15-4-10-20(26-3)16(12-15)13-24-18-7-5-17(23-2)6-8-18/h4,9-12,17-18,23-24H,5-8,13H2,1-3H3,(H2,22,25). The van der Waals surface area contributed by atoms with E-state index >= 15 is 0 Å². The highest BCUT2D eigenvalue weighted by molar-refractivity contribution is 5.68. The van der Waals surface area contributed by atoms with Gasteiger partial charge in [0.1, 0.15) is 11.6 Å². The van der Waals surface area contributed by atoms with Crippen LogP contribution in [0.15, 0.2) is 30.3 Å². The number of nitrogens with one attached hydrogen (secondary N) is 2. The molecule has 5 heteroatoms. The van der Waals surface area contributed by atoms with Crippen molar-refractivity contribution in [1.82, 2.24) is 15.6 Å². The second-order valence-corrected chi connectivity index (χ2v) is 7.11. The van der Waals surface area contributed by atoms with E-state index in [9.17, 15) is 0 Å². The van der Waals surface area contributed by atoms with E-state index in [2.05, 4.69) is 34.8 Å². The fraction of sp³-hybridized carbons (Fsp3) is 0.476. The van der Waals surface area contributed by atoms with Crippen LogP contribution in [0.2, 0.25) is 0 Å². The number of pyridine rings is 1. The maximum Gasteiger partial charge on any atom is 0.123 e. The average molecular weight is 354 g/mol. The van der Waals surface area contributed by atoms with Crippen molar-refractivity contribution >= 4 is 5.82 Å². The van der Waals surface area contributed by atoms with Crippen LogP contribution in [0.1, 0.15) is 36.9 Å². The molecular weight excluding hydrogens is 324 g/mol. The first kappa shape index (κ1) is 18.7. The van der Waals surface area contributed by atoms with E-state index in [-0.39, 0.29) is 0 Å². The highest BCUT2D eigenvalue weighted by atomic mass is 16.5. The summed E-state index contributed by atoms with van der Waals surface area (Å²) in [6.45, 7) is 2.81. The van der Waals surface area contributed by atoms with Gasteiger partial charge in [-0.3, -0.25) is 0 Å². The molecule has 0 amide bonds. The molecule has 0 bridgehead atoms. The molecule has 26 heavy (non-hydrogen) atoms. The number of ether oxygens (including phenoxy) is 1. The highest BCUT2D eigenvalue weighted by Crippen LogP contribution is 2.29. The molecule has 0 radical (unpaired) electrons. The van der Waals surface area contributed by atoms with E-state index in [1.807, 2.05) is 25.1 Å². The maximum atomic E-state index is 5.79. The fourth-order valence-corrected chi connectivity index (χ4v) is 3.81. The van der Waals surface area contributed by atoms with Crippen molar-refractivity contribution in [2.24, 2.45) is 0 Å². The van der Waals surface area contributed by atoms with Crippen LogP contribution >= 0.6 is 0 Å². The summed E-state index contributed by atoms with van der Waals surface area (Å²) in [5, 5.41) is 7.10. The van der Waals surface area contributed by atoms with Gasteiger partial charge in [0.05, 0.1) is 7.11 Å². The third-order valence-electron chi connectivity index (χ3n) is 5.42. The predicted octanol–water partition coefficient (Wildman–Crippen LogP) is 3.27. The molecule has 1 aromatic carbocycles. The van der Waals surface area contributed by atoms with E-state index in [0.717, 1.165) is 29.1 Å². The zero-order valence-corrected chi connectivity index (χ0v) is 16.0. The van der Waals surface area contributed by atoms with Gasteiger partial charge in [0.2, 0.25) is 0 Å². The number of nitrogens with two attached hydrogens (primary N) is 1. The van der Waals surface area contributed by atoms with Gasteiger partial charge in [0.25, 0.3) is 0 Å². The van der Waals surface area contributed by atoms with Crippen LogP contribution in [0.3, 0.4) is 0 Å². The molecule has 5 nitrogen and oxygen atoms in total. The van der Waals surface area contributed by atoms with Gasteiger partial charge in [0.15, 0.2) is 0 Å². The lowest BCUT2D eigenvalue weighted by molar-refractivity contribution is 0.315. The molecule has 2 aromatic rings. The Bertz CT molecular complexity index is 739. The molecule has 0 saturated heterocycles. The van der Waals surface area contributed by atoms with Crippen molar-refractivity contribution in [2.75, 3.05) is 19.9 Å². The Kier molecular flexibility index (Phi) is 6.12. The Labute approximate surface area is 156 Å². The minimum absolute atomic E-state index is 0.554. The first-order valence-electron chi connectivity index (χ1n) is 9.41. The van der Waals surface area contributed by atoms with Crippen molar-refractivity contribution in [2.45, 2.75) is 51.2 Å². The Balaban J connectivity index is 1.74. The molecule has 0 unspecified atom stereocenters. The first-order chi connectivity index (χ1) is 12.6. The number of rotatable bonds is 6. The summed E-state index contributed by atoms with van der Waals surface area (Å²) in [7, 11) is 3.79. The van der Waals surface area contributed by atoms with Crippen LogP contribution in [-0.2, 0) is 6.54 Å². The average Bonchev–Trinajstić information content (AvgIpc) is 2.66. The summed E-state index contributed by atoms with van der Waals surface area (Å²) in [5.74, 6) is 1.48. The van der Waals surface area contributed by atoms with Gasteiger partial charge in [-0.1, -0.05) is 6.07 Å². The Hall–Kier alpha value is -2.11. The number of nitrogen functional groups attached to an aromatic ring is 1. The highest BCUT2D eigenvalue weighted by Gasteiger charge is 2.20. The maximum absolute atomic E-state index is 5.79. The van der Waals surface area contributed by atoms with Gasteiger partial charge in [-0.25, -0.2) is 4.98 Å². The van der Waals surface area contributed by atoms with Crippen molar-refractivity contribution in [3.05, 3.63) is 41.6 Å². The van der Waals surface area contributed by atoms with E-state index in [4.69, 9.17) is 10.5 Å². The summed E-state index contributed by atoms with van der Waals surface area (Å²) in [5.41, 5.74) is 10.2. The van der Waals surface area contributed by atoms with Gasteiger partial charge >= 0.3 is 0 Å². The van der Waals surface area contributed by atoms with Crippen LogP contribution in [0.5, 0.6) is 5.75 Å². The Morgan fingerprint density at radius 3 is 2.50 bits per heavy atom. The zero-order chi connectivity index (χ0) is 18.5. The van der Waals surface area contributed by atoms with Gasteiger partial charge in [-0.15, -0.1) is 0 Å². The van der Waals surface area contributed by atoms with Gasteiger partial charge in [-0.2, -0.15) is 0 Å². The lowest BCUT2D eigenvalue weighted by atomic mass is 9.91. The van der Waals surface area contributed by atoms with E-state index in [1.54, 1.807) is 7.11 Å². The molecule has 4 N–H and O–H groups in total. The number of hydrogen-bond donors (Lipinski definition) is 3. The third-order valence-corrected chi connectivity index (χ3v) is 5.42. The molecule has 0 atom stereocenters. The topological polar surface area (TPSA) is 72.2 Å². The second kappa shape index (κ2) is 8.52. The number of nitrogens with zero attached hydrogens (tertiary/aromatic N) is 1. The fourth-order valence-electron chi connectivity index (χ4n) is 3.81. The van der Waals surface area contributed by atoms with Gasteiger partial charge in [0, 0.05) is 35.4 Å². The van der Waals surface area contributed by atoms with E-state index in [0.29, 0.717) is 17.9 Å². The third kappa shape index (κ3) is 4.34. The number of hydrogen-bond acceptors (Lipinski definition) is 5. The smallest absolute Gasteiger partial charge is 0.123 e. The molecule has 3 rings (SSSR count). The number of aryl methyl sites for hydroxylation is 1. The van der Waals surface area contributed by atoms with Crippen molar-refractivity contribution in [1.29, 1.82) is 0 Å². The molecule has 140 valence electrons. The molecule has 1 aliphatic rings. The van der Waals surface area contributed by atoms with Gasteiger partial charge in [-0.05, 0) is 69.5 Å². The molecule has 1 aromatic heterocycles. The quantitative estimate of drug-likeness (QED) is 0.743. The van der Waals surface area contributed by atoms with Gasteiger partial charge < -0.3 is 21.1 Å². The summed E-state index contributed by atoms with van der Waals surface area (Å²) in [6.07, 6.45) is 4.91. The van der Waals surface area contributed by atoms with Crippen molar-refractivity contribution in [3.63, 3.8) is 0 Å². The van der Waals surface area contributed by atoms with E-state index < -0.39 is 0 Å². The molecule has 1 heterocycles.